The lowest BCUT2D eigenvalue weighted by molar-refractivity contribution is -0.384. The number of nitrogens with two attached hydrogens (primary N) is 1. The van der Waals surface area contributed by atoms with Crippen molar-refractivity contribution in [3.8, 4) is 5.82 Å². The third-order valence-electron chi connectivity index (χ3n) is 2.49. The minimum atomic E-state index is -0.501. The summed E-state index contributed by atoms with van der Waals surface area (Å²) >= 11 is 0. The van der Waals surface area contributed by atoms with Crippen LogP contribution in [0.2, 0.25) is 0 Å². The molecule has 0 aliphatic rings. The second-order valence-corrected chi connectivity index (χ2v) is 4.18. The van der Waals surface area contributed by atoms with Crippen LogP contribution in [0.1, 0.15) is 25.5 Å². The average Bonchev–Trinajstić information content (AvgIpc) is 2.77. The molecule has 0 spiro atoms. The van der Waals surface area contributed by atoms with Crippen LogP contribution in [-0.4, -0.2) is 19.7 Å². The summed E-state index contributed by atoms with van der Waals surface area (Å²) in [5, 5.41) is 15.2. The zero-order valence-electron chi connectivity index (χ0n) is 10.1. The largest absolute Gasteiger partial charge is 0.384 e. The van der Waals surface area contributed by atoms with Gasteiger partial charge in [-0.1, -0.05) is 13.8 Å². The zero-order valence-corrected chi connectivity index (χ0v) is 10.1. The average molecular weight is 247 g/mol. The third kappa shape index (κ3) is 2.15. The molecule has 2 aromatic rings. The maximum atomic E-state index is 10.9. The lowest BCUT2D eigenvalue weighted by Gasteiger charge is -2.03. The van der Waals surface area contributed by atoms with E-state index in [2.05, 4.69) is 10.1 Å². The molecule has 2 N–H and O–H groups in total. The molecular formula is C11H13N5O2. The van der Waals surface area contributed by atoms with Crippen LogP contribution in [0.5, 0.6) is 0 Å². The first-order chi connectivity index (χ1) is 8.49. The van der Waals surface area contributed by atoms with Crippen molar-refractivity contribution in [3.63, 3.8) is 0 Å². The summed E-state index contributed by atoms with van der Waals surface area (Å²) in [6.07, 6.45) is 1.64. The number of nitrogens with zero attached hydrogens (tertiary/aromatic N) is 4. The van der Waals surface area contributed by atoms with Gasteiger partial charge in [0.05, 0.1) is 10.6 Å². The number of pyridine rings is 1. The van der Waals surface area contributed by atoms with Crippen LogP contribution in [0.15, 0.2) is 24.4 Å². The number of nitro groups is 1. The van der Waals surface area contributed by atoms with Crippen molar-refractivity contribution in [1.82, 2.24) is 14.8 Å². The van der Waals surface area contributed by atoms with Crippen LogP contribution in [-0.2, 0) is 0 Å². The molecule has 7 heteroatoms. The molecule has 0 saturated heterocycles. The first-order valence-electron chi connectivity index (χ1n) is 5.46. The molecule has 0 unspecified atom stereocenters. The highest BCUT2D eigenvalue weighted by atomic mass is 16.6. The van der Waals surface area contributed by atoms with Crippen LogP contribution < -0.4 is 5.73 Å². The summed E-state index contributed by atoms with van der Waals surface area (Å²) in [6, 6.07) is 4.53. The van der Waals surface area contributed by atoms with E-state index in [1.807, 2.05) is 13.8 Å². The molecule has 2 heterocycles. The van der Waals surface area contributed by atoms with Gasteiger partial charge in [-0.05, 0) is 18.1 Å². The van der Waals surface area contributed by atoms with E-state index < -0.39 is 4.92 Å². The van der Waals surface area contributed by atoms with Gasteiger partial charge in [-0.15, -0.1) is 0 Å². The Bertz CT molecular complexity index is 591. The normalized spacial score (nSPS) is 10.8. The Balaban J connectivity index is 2.54. The van der Waals surface area contributed by atoms with Crippen LogP contribution in [0.25, 0.3) is 5.82 Å². The van der Waals surface area contributed by atoms with Gasteiger partial charge in [-0.3, -0.25) is 10.1 Å². The van der Waals surface area contributed by atoms with E-state index in [0.29, 0.717) is 0 Å². The number of hydrogen-bond acceptors (Lipinski definition) is 5. The fourth-order valence-corrected chi connectivity index (χ4v) is 1.53. The van der Waals surface area contributed by atoms with Gasteiger partial charge in [0.1, 0.15) is 5.82 Å². The second-order valence-electron chi connectivity index (χ2n) is 4.18. The maximum absolute atomic E-state index is 10.9. The molecular weight excluding hydrogens is 234 g/mol. The number of nitrogen functional groups attached to an aromatic ring is 1. The molecule has 0 aromatic carbocycles. The molecule has 2 rings (SSSR count). The van der Waals surface area contributed by atoms with E-state index in [-0.39, 0.29) is 23.2 Å². The van der Waals surface area contributed by atoms with Gasteiger partial charge >= 0.3 is 5.69 Å². The molecule has 0 fully saturated rings. The lowest BCUT2D eigenvalue weighted by atomic mass is 10.1. The summed E-state index contributed by atoms with van der Waals surface area (Å²) < 4.78 is 1.38. The van der Waals surface area contributed by atoms with Crippen molar-refractivity contribution >= 4 is 11.5 Å². The summed E-state index contributed by atoms with van der Waals surface area (Å²) in [7, 11) is 0. The Labute approximate surface area is 103 Å². The Morgan fingerprint density at radius 2 is 2.11 bits per heavy atom. The molecule has 0 radical (unpaired) electrons. The van der Waals surface area contributed by atoms with E-state index in [1.165, 1.54) is 16.8 Å². The van der Waals surface area contributed by atoms with E-state index in [4.69, 9.17) is 5.73 Å². The quantitative estimate of drug-likeness (QED) is 0.659. The monoisotopic (exact) mass is 247 g/mol. The third-order valence-corrected chi connectivity index (χ3v) is 2.49. The highest BCUT2D eigenvalue weighted by Crippen LogP contribution is 2.22. The van der Waals surface area contributed by atoms with Gasteiger partial charge in [-0.2, -0.15) is 5.10 Å². The lowest BCUT2D eigenvalue weighted by Crippen LogP contribution is -2.06. The molecule has 0 aliphatic carbocycles. The molecule has 7 nitrogen and oxygen atoms in total. The van der Waals surface area contributed by atoms with E-state index in [0.717, 1.165) is 5.69 Å². The Hall–Kier alpha value is -2.44. The van der Waals surface area contributed by atoms with Crippen molar-refractivity contribution < 1.29 is 4.92 Å². The first kappa shape index (κ1) is 12.0. The standard InChI is InChI=1S/C11H13N5O2/c1-7(2)8-5-6-15(14-8)11-9(16(17)18)3-4-10(12)13-11/h3-7H,1-2H3,(H2,12,13). The smallest absolute Gasteiger partial charge is 0.313 e. The molecule has 0 bridgehead atoms. The van der Waals surface area contributed by atoms with Crippen molar-refractivity contribution in [2.45, 2.75) is 19.8 Å². The number of rotatable bonds is 3. The van der Waals surface area contributed by atoms with Gasteiger partial charge in [-0.25, -0.2) is 9.67 Å². The highest BCUT2D eigenvalue weighted by Gasteiger charge is 2.18. The van der Waals surface area contributed by atoms with Gasteiger partial charge in [0.2, 0.25) is 5.82 Å². The van der Waals surface area contributed by atoms with Crippen LogP contribution in [0.4, 0.5) is 11.5 Å². The predicted molar refractivity (Wildman–Crippen MR) is 66.5 cm³/mol. The number of aromatic nitrogens is 3. The summed E-state index contributed by atoms with van der Waals surface area (Å²) in [6.45, 7) is 3.99. The van der Waals surface area contributed by atoms with E-state index in [9.17, 15) is 10.1 Å². The topological polar surface area (TPSA) is 99.9 Å². The SMILES string of the molecule is CC(C)c1ccn(-c2nc(N)ccc2[N+](=O)[O-])n1. The molecule has 2 aromatic heterocycles. The van der Waals surface area contributed by atoms with Gasteiger partial charge in [0, 0.05) is 12.3 Å². The minimum Gasteiger partial charge on any atom is -0.384 e. The molecule has 0 amide bonds. The fourth-order valence-electron chi connectivity index (χ4n) is 1.53. The Morgan fingerprint density at radius 1 is 1.39 bits per heavy atom. The van der Waals surface area contributed by atoms with Gasteiger partial charge in [0.15, 0.2) is 0 Å². The van der Waals surface area contributed by atoms with Crippen LogP contribution in [0.3, 0.4) is 0 Å². The summed E-state index contributed by atoms with van der Waals surface area (Å²) in [5.41, 5.74) is 6.28. The predicted octanol–water partition coefficient (Wildman–Crippen LogP) is 1.88. The highest BCUT2D eigenvalue weighted by molar-refractivity contribution is 5.51. The summed E-state index contributed by atoms with van der Waals surface area (Å²) in [5.74, 6) is 0.593. The first-order valence-corrected chi connectivity index (χ1v) is 5.46. The molecule has 0 atom stereocenters. The van der Waals surface area contributed by atoms with Crippen molar-refractivity contribution in [3.05, 3.63) is 40.2 Å². The summed E-state index contributed by atoms with van der Waals surface area (Å²) in [4.78, 5) is 14.4. The van der Waals surface area contributed by atoms with Crippen molar-refractivity contribution in [2.24, 2.45) is 0 Å². The second kappa shape index (κ2) is 4.44. The van der Waals surface area contributed by atoms with Crippen molar-refractivity contribution in [1.29, 1.82) is 0 Å². The van der Waals surface area contributed by atoms with Gasteiger partial charge < -0.3 is 5.73 Å². The van der Waals surface area contributed by atoms with E-state index in [1.54, 1.807) is 12.3 Å². The maximum Gasteiger partial charge on any atom is 0.313 e. The zero-order chi connectivity index (χ0) is 13.3. The molecule has 0 aliphatic heterocycles. The van der Waals surface area contributed by atoms with Gasteiger partial charge in [0.25, 0.3) is 0 Å². The molecule has 94 valence electrons. The van der Waals surface area contributed by atoms with Crippen molar-refractivity contribution in [2.75, 3.05) is 5.73 Å². The molecule has 0 saturated carbocycles. The van der Waals surface area contributed by atoms with Crippen LogP contribution in [0, 0.1) is 10.1 Å². The Morgan fingerprint density at radius 3 is 2.67 bits per heavy atom. The number of anilines is 1. The molecule has 18 heavy (non-hydrogen) atoms. The minimum absolute atomic E-state index is 0.123. The Kier molecular flexibility index (Phi) is 2.97. The number of hydrogen-bond donors (Lipinski definition) is 1. The van der Waals surface area contributed by atoms with E-state index >= 15 is 0 Å². The van der Waals surface area contributed by atoms with Crippen LogP contribution >= 0.6 is 0 Å². The fraction of sp³-hybridized carbons (Fsp3) is 0.273.